The largest absolute Gasteiger partial charge is 0.322 e. The molecule has 0 atom stereocenters. The van der Waals surface area contributed by atoms with Crippen LogP contribution in [0.1, 0.15) is 28.8 Å². The third-order valence-electron chi connectivity index (χ3n) is 6.08. The average molecular weight is 507 g/mol. The first kappa shape index (κ1) is 23.3. The molecule has 1 N–H and O–H groups in total. The number of carbonyl (C=O) groups excluding carboxylic acids is 1. The van der Waals surface area contributed by atoms with Crippen LogP contribution in [0.2, 0.25) is 5.02 Å². The first-order valence-electron chi connectivity index (χ1n) is 11.2. The van der Waals surface area contributed by atoms with Crippen molar-refractivity contribution in [3.05, 3.63) is 83.1 Å². The summed E-state index contributed by atoms with van der Waals surface area (Å²) in [5, 5.41) is 4.37. The molecule has 9 heteroatoms. The van der Waals surface area contributed by atoms with Gasteiger partial charge in [0.05, 0.1) is 27.7 Å². The van der Waals surface area contributed by atoms with Crippen molar-refractivity contribution < 1.29 is 13.2 Å². The number of carbonyl (C=O) groups is 1. The summed E-state index contributed by atoms with van der Waals surface area (Å²) in [5.41, 5.74) is 4.52. The number of benzene rings is 2. The molecule has 0 bridgehead atoms. The minimum absolute atomic E-state index is 0.149. The zero-order chi connectivity index (χ0) is 24.6. The molecule has 3 heterocycles. The number of aryl methyl sites for hydroxylation is 1. The minimum Gasteiger partial charge on any atom is -0.322 e. The maximum atomic E-state index is 13.1. The number of pyridine rings is 2. The fourth-order valence-corrected chi connectivity index (χ4v) is 6.10. The van der Waals surface area contributed by atoms with Crippen LogP contribution in [0.5, 0.6) is 0 Å². The highest BCUT2D eigenvalue weighted by molar-refractivity contribution is 7.92. The molecule has 1 aliphatic heterocycles. The van der Waals surface area contributed by atoms with Crippen LogP contribution in [0.4, 0.5) is 11.4 Å². The molecule has 0 spiro atoms. The third-order valence-corrected chi connectivity index (χ3v) is 8.28. The Morgan fingerprint density at radius 2 is 1.91 bits per heavy atom. The van der Waals surface area contributed by atoms with E-state index in [1.165, 1.54) is 4.31 Å². The van der Waals surface area contributed by atoms with E-state index in [1.54, 1.807) is 55.7 Å². The van der Waals surface area contributed by atoms with Crippen LogP contribution in [0.15, 0.2) is 67.0 Å². The predicted molar refractivity (Wildman–Crippen MR) is 139 cm³/mol. The average Bonchev–Trinajstić information content (AvgIpc) is 2.84. The predicted octanol–water partition coefficient (Wildman–Crippen LogP) is 5.44. The van der Waals surface area contributed by atoms with Crippen LogP contribution >= 0.6 is 11.6 Å². The minimum atomic E-state index is -3.31. The van der Waals surface area contributed by atoms with Gasteiger partial charge in [0.15, 0.2) is 0 Å². The van der Waals surface area contributed by atoms with Gasteiger partial charge in [0.25, 0.3) is 5.91 Å². The monoisotopic (exact) mass is 506 g/mol. The molecule has 5 rings (SSSR count). The van der Waals surface area contributed by atoms with Crippen LogP contribution < -0.4 is 9.62 Å². The molecule has 0 radical (unpaired) electrons. The van der Waals surface area contributed by atoms with Gasteiger partial charge in [-0.1, -0.05) is 11.6 Å². The van der Waals surface area contributed by atoms with Gasteiger partial charge in [0.2, 0.25) is 10.0 Å². The summed E-state index contributed by atoms with van der Waals surface area (Å²) in [6.07, 6.45) is 4.93. The van der Waals surface area contributed by atoms with Crippen molar-refractivity contribution in [1.29, 1.82) is 0 Å². The first-order valence-corrected chi connectivity index (χ1v) is 13.2. The summed E-state index contributed by atoms with van der Waals surface area (Å²) in [6.45, 7) is 2.26. The Kier molecular flexibility index (Phi) is 6.17. The second-order valence-corrected chi connectivity index (χ2v) is 10.9. The molecular weight excluding hydrogens is 484 g/mol. The van der Waals surface area contributed by atoms with Gasteiger partial charge in [0.1, 0.15) is 0 Å². The number of nitrogens with zero attached hydrogens (tertiary/aromatic N) is 3. The van der Waals surface area contributed by atoms with Gasteiger partial charge in [-0.05, 0) is 79.9 Å². The molecule has 1 aliphatic rings. The van der Waals surface area contributed by atoms with Gasteiger partial charge in [-0.15, -0.1) is 0 Å². The maximum absolute atomic E-state index is 13.1. The van der Waals surface area contributed by atoms with E-state index >= 15 is 0 Å². The van der Waals surface area contributed by atoms with Crippen LogP contribution in [0, 0.1) is 6.92 Å². The third kappa shape index (κ3) is 4.72. The Morgan fingerprint density at radius 1 is 1.06 bits per heavy atom. The number of hydrogen-bond donors (Lipinski definition) is 1. The smallest absolute Gasteiger partial charge is 0.255 e. The number of rotatable bonds is 4. The molecule has 7 nitrogen and oxygen atoms in total. The van der Waals surface area contributed by atoms with Crippen molar-refractivity contribution in [2.24, 2.45) is 0 Å². The van der Waals surface area contributed by atoms with Gasteiger partial charge in [-0.3, -0.25) is 14.1 Å². The Morgan fingerprint density at radius 3 is 2.71 bits per heavy atom. The summed E-state index contributed by atoms with van der Waals surface area (Å²) < 4.78 is 26.3. The van der Waals surface area contributed by atoms with E-state index in [-0.39, 0.29) is 11.7 Å². The molecule has 35 heavy (non-hydrogen) atoms. The fourth-order valence-electron chi connectivity index (χ4n) is 4.25. The molecule has 0 saturated carbocycles. The molecule has 2 aromatic heterocycles. The lowest BCUT2D eigenvalue weighted by molar-refractivity contribution is 0.102. The van der Waals surface area contributed by atoms with Crippen LogP contribution in [0.25, 0.3) is 22.2 Å². The molecule has 4 aromatic rings. The summed E-state index contributed by atoms with van der Waals surface area (Å²) in [4.78, 5) is 21.8. The number of aromatic nitrogens is 2. The molecule has 0 unspecified atom stereocenters. The highest BCUT2D eigenvalue weighted by atomic mass is 35.5. The van der Waals surface area contributed by atoms with E-state index < -0.39 is 10.0 Å². The number of nitrogens with one attached hydrogen (secondary N) is 1. The lowest BCUT2D eigenvalue weighted by atomic mass is 10.1. The van der Waals surface area contributed by atoms with Crippen molar-refractivity contribution in [2.45, 2.75) is 19.8 Å². The summed E-state index contributed by atoms with van der Waals surface area (Å²) >= 11 is 6.46. The number of hydrogen-bond acceptors (Lipinski definition) is 5. The topological polar surface area (TPSA) is 92.3 Å². The number of halogens is 1. The van der Waals surface area contributed by atoms with Gasteiger partial charge < -0.3 is 5.32 Å². The quantitative estimate of drug-likeness (QED) is 0.398. The van der Waals surface area contributed by atoms with Crippen molar-refractivity contribution in [2.75, 3.05) is 21.9 Å². The van der Waals surface area contributed by atoms with Crippen LogP contribution in [0.3, 0.4) is 0 Å². The molecule has 1 fully saturated rings. The van der Waals surface area contributed by atoms with Crippen LogP contribution in [-0.4, -0.2) is 36.6 Å². The van der Waals surface area contributed by atoms with E-state index in [4.69, 9.17) is 11.6 Å². The highest BCUT2D eigenvalue weighted by Crippen LogP contribution is 2.31. The summed E-state index contributed by atoms with van der Waals surface area (Å²) in [5.74, 6) is -0.141. The lowest BCUT2D eigenvalue weighted by Gasteiger charge is -2.28. The molecule has 178 valence electrons. The number of fused-ring (bicyclic) bond motifs is 1. The van der Waals surface area contributed by atoms with Gasteiger partial charge in [-0.25, -0.2) is 13.4 Å². The zero-order valence-electron chi connectivity index (χ0n) is 19.0. The molecule has 2 aromatic carbocycles. The molecular formula is C26H23ClN4O3S. The first-order chi connectivity index (χ1) is 16.8. The fraction of sp³-hybridized carbons (Fsp3) is 0.192. The summed E-state index contributed by atoms with van der Waals surface area (Å²) in [7, 11) is -3.31. The second-order valence-electron chi connectivity index (χ2n) is 8.51. The Labute approximate surface area is 208 Å². The SMILES string of the molecule is Cc1cc(N2CCCCS2(=O)=O)ccc1C(=O)Nc1ccc(Cl)c(-c2ccc3cnccc3n2)c1. The number of amides is 1. The Hall–Kier alpha value is -3.49. The molecule has 1 amide bonds. The van der Waals surface area contributed by atoms with Crippen molar-refractivity contribution in [3.63, 3.8) is 0 Å². The van der Waals surface area contributed by atoms with E-state index in [0.717, 1.165) is 17.3 Å². The van der Waals surface area contributed by atoms with Gasteiger partial charge >= 0.3 is 0 Å². The Balaban J connectivity index is 1.40. The van der Waals surface area contributed by atoms with Gasteiger partial charge in [0, 0.05) is 41.1 Å². The van der Waals surface area contributed by atoms with E-state index in [1.807, 2.05) is 18.2 Å². The molecule has 0 aliphatic carbocycles. The molecule has 1 saturated heterocycles. The standard InChI is InChI=1S/C26H23ClN4O3S/c1-17-14-20(31-12-2-3-13-35(31,33)34)6-7-21(17)26(32)29-19-5-8-23(27)22(15-19)25-9-4-18-16-28-11-10-24(18)30-25/h4-11,14-16H,2-3,12-13H2,1H3,(H,29,32). The Bertz CT molecular complexity index is 1560. The van der Waals surface area contributed by atoms with Crippen molar-refractivity contribution in [1.82, 2.24) is 9.97 Å². The van der Waals surface area contributed by atoms with Crippen molar-refractivity contribution >= 4 is 49.8 Å². The van der Waals surface area contributed by atoms with E-state index in [2.05, 4.69) is 15.3 Å². The van der Waals surface area contributed by atoms with Crippen LogP contribution in [-0.2, 0) is 10.0 Å². The van der Waals surface area contributed by atoms with E-state index in [0.29, 0.717) is 51.7 Å². The number of anilines is 2. The lowest BCUT2D eigenvalue weighted by Crippen LogP contribution is -2.37. The zero-order valence-corrected chi connectivity index (χ0v) is 20.6. The van der Waals surface area contributed by atoms with Gasteiger partial charge in [-0.2, -0.15) is 0 Å². The summed E-state index contributed by atoms with van der Waals surface area (Å²) in [6, 6.07) is 16.0. The van der Waals surface area contributed by atoms with E-state index in [9.17, 15) is 13.2 Å². The normalized spacial score (nSPS) is 15.2. The number of sulfonamides is 1. The maximum Gasteiger partial charge on any atom is 0.255 e. The second kappa shape index (κ2) is 9.28. The van der Waals surface area contributed by atoms with Crippen molar-refractivity contribution in [3.8, 4) is 11.3 Å². The highest BCUT2D eigenvalue weighted by Gasteiger charge is 2.26.